The summed E-state index contributed by atoms with van der Waals surface area (Å²) in [6.07, 6.45) is 2.66. The number of rotatable bonds is 6. The predicted molar refractivity (Wildman–Crippen MR) is 62.5 cm³/mol. The van der Waals surface area contributed by atoms with E-state index in [9.17, 15) is 9.90 Å². The zero-order valence-electron chi connectivity index (χ0n) is 10.4. The third-order valence-corrected chi connectivity index (χ3v) is 3.29. The Kier molecular flexibility index (Phi) is 5.22. The van der Waals surface area contributed by atoms with Crippen molar-refractivity contribution < 1.29 is 14.6 Å². The fourth-order valence-corrected chi connectivity index (χ4v) is 2.31. The van der Waals surface area contributed by atoms with E-state index in [4.69, 9.17) is 4.74 Å². The molecule has 0 saturated carbocycles. The maximum absolute atomic E-state index is 11.4. The van der Waals surface area contributed by atoms with Crippen LogP contribution in [0, 0.1) is 5.41 Å². The molecule has 1 rings (SSSR count). The number of ether oxygens (including phenoxy) is 1. The summed E-state index contributed by atoms with van der Waals surface area (Å²) in [5.74, 6) is -0.707. The van der Waals surface area contributed by atoms with Gasteiger partial charge in [-0.05, 0) is 32.4 Å². The Morgan fingerprint density at radius 3 is 2.69 bits per heavy atom. The van der Waals surface area contributed by atoms with E-state index in [2.05, 4.69) is 18.7 Å². The first kappa shape index (κ1) is 13.5. The second-order valence-electron chi connectivity index (χ2n) is 4.61. The topological polar surface area (TPSA) is 49.8 Å². The van der Waals surface area contributed by atoms with Crippen LogP contribution in [0.15, 0.2) is 0 Å². The van der Waals surface area contributed by atoms with E-state index in [0.29, 0.717) is 19.8 Å². The minimum Gasteiger partial charge on any atom is -0.481 e. The fraction of sp³-hybridized carbons (Fsp3) is 0.917. The summed E-state index contributed by atoms with van der Waals surface area (Å²) in [6.45, 7) is 7.75. The molecule has 1 atom stereocenters. The van der Waals surface area contributed by atoms with Gasteiger partial charge >= 0.3 is 5.97 Å². The number of hydrogen-bond acceptors (Lipinski definition) is 3. The first-order valence-corrected chi connectivity index (χ1v) is 6.18. The fourth-order valence-electron chi connectivity index (χ4n) is 2.31. The van der Waals surface area contributed by atoms with Gasteiger partial charge in [0.1, 0.15) is 5.41 Å². The molecule has 1 saturated heterocycles. The average Bonchev–Trinajstić information content (AvgIpc) is 2.29. The highest BCUT2D eigenvalue weighted by molar-refractivity contribution is 5.75. The van der Waals surface area contributed by atoms with Crippen molar-refractivity contribution in [3.8, 4) is 0 Å². The molecule has 1 unspecified atom stereocenters. The van der Waals surface area contributed by atoms with Crippen LogP contribution in [0.4, 0.5) is 0 Å². The van der Waals surface area contributed by atoms with Crippen LogP contribution in [0.3, 0.4) is 0 Å². The van der Waals surface area contributed by atoms with E-state index < -0.39 is 11.4 Å². The molecule has 0 amide bonds. The van der Waals surface area contributed by atoms with Crippen molar-refractivity contribution in [1.29, 1.82) is 0 Å². The van der Waals surface area contributed by atoms with Gasteiger partial charge in [-0.25, -0.2) is 0 Å². The minimum absolute atomic E-state index is 0.364. The van der Waals surface area contributed by atoms with Crippen molar-refractivity contribution in [2.75, 3.05) is 32.8 Å². The summed E-state index contributed by atoms with van der Waals surface area (Å²) >= 11 is 0. The molecule has 0 aromatic carbocycles. The van der Waals surface area contributed by atoms with Crippen LogP contribution < -0.4 is 0 Å². The van der Waals surface area contributed by atoms with Crippen molar-refractivity contribution in [2.45, 2.75) is 33.1 Å². The lowest BCUT2D eigenvalue weighted by molar-refractivity contribution is -0.159. The third-order valence-electron chi connectivity index (χ3n) is 3.29. The molecular formula is C12H23NO3. The first-order chi connectivity index (χ1) is 7.64. The van der Waals surface area contributed by atoms with Crippen molar-refractivity contribution in [3.05, 3.63) is 0 Å². The predicted octanol–water partition coefficient (Wildman–Crippen LogP) is 1.60. The summed E-state index contributed by atoms with van der Waals surface area (Å²) in [5.41, 5.74) is -0.677. The van der Waals surface area contributed by atoms with Gasteiger partial charge in [-0.15, -0.1) is 0 Å². The van der Waals surface area contributed by atoms with Crippen molar-refractivity contribution >= 4 is 5.97 Å². The Labute approximate surface area is 97.6 Å². The molecular weight excluding hydrogens is 206 g/mol. The normalized spacial score (nSPS) is 25.9. The van der Waals surface area contributed by atoms with Crippen LogP contribution in [-0.4, -0.2) is 48.8 Å². The lowest BCUT2D eigenvalue weighted by Gasteiger charge is -2.37. The van der Waals surface area contributed by atoms with E-state index >= 15 is 0 Å². The van der Waals surface area contributed by atoms with Crippen LogP contribution >= 0.6 is 0 Å². The Morgan fingerprint density at radius 2 is 2.25 bits per heavy atom. The van der Waals surface area contributed by atoms with Crippen LogP contribution in [0.1, 0.15) is 33.1 Å². The van der Waals surface area contributed by atoms with Gasteiger partial charge in [-0.3, -0.25) is 4.79 Å². The Morgan fingerprint density at radius 1 is 1.50 bits per heavy atom. The first-order valence-electron chi connectivity index (χ1n) is 6.18. The lowest BCUT2D eigenvalue weighted by Crippen LogP contribution is -2.48. The summed E-state index contributed by atoms with van der Waals surface area (Å²) in [7, 11) is 0. The van der Waals surface area contributed by atoms with Gasteiger partial charge in [0.25, 0.3) is 0 Å². The minimum atomic E-state index is -0.707. The van der Waals surface area contributed by atoms with Crippen LogP contribution in [0.2, 0.25) is 0 Å². The summed E-state index contributed by atoms with van der Waals surface area (Å²) in [6, 6.07) is 0. The molecule has 1 aliphatic rings. The highest BCUT2D eigenvalue weighted by atomic mass is 16.5. The summed E-state index contributed by atoms with van der Waals surface area (Å²) in [5, 5.41) is 9.39. The average molecular weight is 229 g/mol. The molecule has 0 aromatic rings. The van der Waals surface area contributed by atoms with E-state index in [-0.39, 0.29) is 0 Å². The van der Waals surface area contributed by atoms with Crippen molar-refractivity contribution in [2.24, 2.45) is 5.41 Å². The number of carbonyl (C=O) groups is 1. The van der Waals surface area contributed by atoms with Crippen LogP contribution in [0.5, 0.6) is 0 Å². The standard InChI is InChI=1S/C12H23NO3/c1-3-7-13(4-2)9-12(11(14)15)6-5-8-16-10-12/h3-10H2,1-2H3,(H,14,15). The monoisotopic (exact) mass is 229 g/mol. The lowest BCUT2D eigenvalue weighted by atomic mass is 9.82. The van der Waals surface area contributed by atoms with Gasteiger partial charge in [0, 0.05) is 13.2 Å². The smallest absolute Gasteiger partial charge is 0.313 e. The van der Waals surface area contributed by atoms with Crippen molar-refractivity contribution in [3.63, 3.8) is 0 Å². The van der Waals surface area contributed by atoms with Gasteiger partial charge in [0.15, 0.2) is 0 Å². The number of hydrogen-bond donors (Lipinski definition) is 1. The highest BCUT2D eigenvalue weighted by Crippen LogP contribution is 2.30. The SMILES string of the molecule is CCCN(CC)CC1(C(=O)O)CCCOC1. The Hall–Kier alpha value is -0.610. The molecule has 1 N–H and O–H groups in total. The molecule has 1 aliphatic heterocycles. The quantitative estimate of drug-likeness (QED) is 0.751. The van der Waals surface area contributed by atoms with Crippen LogP contribution in [0.25, 0.3) is 0 Å². The molecule has 0 radical (unpaired) electrons. The number of carboxylic acids is 1. The molecule has 1 heterocycles. The van der Waals surface area contributed by atoms with E-state index in [1.807, 2.05) is 0 Å². The molecule has 0 spiro atoms. The molecule has 0 aromatic heterocycles. The van der Waals surface area contributed by atoms with E-state index in [0.717, 1.165) is 32.4 Å². The van der Waals surface area contributed by atoms with Gasteiger partial charge in [0.2, 0.25) is 0 Å². The largest absolute Gasteiger partial charge is 0.481 e. The number of aliphatic carboxylic acids is 1. The molecule has 94 valence electrons. The third kappa shape index (κ3) is 3.19. The van der Waals surface area contributed by atoms with E-state index in [1.54, 1.807) is 0 Å². The number of nitrogens with zero attached hydrogens (tertiary/aromatic N) is 1. The maximum atomic E-state index is 11.4. The van der Waals surface area contributed by atoms with E-state index in [1.165, 1.54) is 0 Å². The number of carboxylic acid groups (broad SMARTS) is 1. The van der Waals surface area contributed by atoms with Gasteiger partial charge in [0.05, 0.1) is 6.61 Å². The molecule has 0 aliphatic carbocycles. The maximum Gasteiger partial charge on any atom is 0.313 e. The zero-order chi connectivity index (χ0) is 12.0. The Balaban J connectivity index is 2.65. The van der Waals surface area contributed by atoms with Gasteiger partial charge in [-0.1, -0.05) is 13.8 Å². The molecule has 4 heteroatoms. The summed E-state index contributed by atoms with van der Waals surface area (Å²) < 4.78 is 5.36. The Bertz CT molecular complexity index is 224. The van der Waals surface area contributed by atoms with Gasteiger partial charge < -0.3 is 14.7 Å². The second kappa shape index (κ2) is 6.21. The molecule has 1 fully saturated rings. The van der Waals surface area contributed by atoms with Crippen LogP contribution in [-0.2, 0) is 9.53 Å². The van der Waals surface area contributed by atoms with Gasteiger partial charge in [-0.2, -0.15) is 0 Å². The second-order valence-corrected chi connectivity index (χ2v) is 4.61. The van der Waals surface area contributed by atoms with Crippen molar-refractivity contribution in [1.82, 2.24) is 4.90 Å². The highest BCUT2D eigenvalue weighted by Gasteiger charge is 2.41. The molecule has 0 bridgehead atoms. The zero-order valence-corrected chi connectivity index (χ0v) is 10.4. The molecule has 4 nitrogen and oxygen atoms in total. The molecule has 16 heavy (non-hydrogen) atoms. The summed E-state index contributed by atoms with van der Waals surface area (Å²) in [4.78, 5) is 13.6.